The van der Waals surface area contributed by atoms with Crippen LogP contribution in [0.1, 0.15) is 23.0 Å². The van der Waals surface area contributed by atoms with Gasteiger partial charge in [0.1, 0.15) is 6.07 Å². The van der Waals surface area contributed by atoms with Crippen LogP contribution in [0.5, 0.6) is 0 Å². The number of nitriles is 1. The lowest BCUT2D eigenvalue weighted by molar-refractivity contribution is 0.102. The van der Waals surface area contributed by atoms with Crippen molar-refractivity contribution in [3.8, 4) is 6.07 Å². The quantitative estimate of drug-likeness (QED) is 0.763. The van der Waals surface area contributed by atoms with Gasteiger partial charge in [-0.2, -0.15) is 5.26 Å². The summed E-state index contributed by atoms with van der Waals surface area (Å²) in [6.45, 7) is 2.74. The number of carbonyl (C=O) groups is 1. The number of aromatic nitrogens is 2. The zero-order valence-electron chi connectivity index (χ0n) is 14.3. The Hall–Kier alpha value is -3.72. The average Bonchev–Trinajstić information content (AvgIpc) is 2.70. The van der Waals surface area contributed by atoms with Crippen LogP contribution < -0.4 is 10.2 Å². The van der Waals surface area contributed by atoms with Crippen molar-refractivity contribution in [2.24, 2.45) is 0 Å². The minimum Gasteiger partial charge on any atom is -0.325 e. The van der Waals surface area contributed by atoms with E-state index in [-0.39, 0.29) is 5.69 Å². The van der Waals surface area contributed by atoms with Crippen LogP contribution in [0.15, 0.2) is 66.7 Å². The smallest absolute Gasteiger partial charge is 0.276 e. The molecule has 0 saturated heterocycles. The van der Waals surface area contributed by atoms with Gasteiger partial charge in [0.15, 0.2) is 11.5 Å². The maximum absolute atomic E-state index is 12.4. The summed E-state index contributed by atoms with van der Waals surface area (Å²) in [5.41, 5.74) is 2.03. The third-order valence-electron chi connectivity index (χ3n) is 3.84. The molecule has 0 aliphatic carbocycles. The molecular weight excluding hydrogens is 326 g/mol. The van der Waals surface area contributed by atoms with Gasteiger partial charge in [0.05, 0.1) is 11.3 Å². The number of hydrogen-bond donors (Lipinski definition) is 1. The molecule has 0 unspecified atom stereocenters. The van der Waals surface area contributed by atoms with Gasteiger partial charge in [0.25, 0.3) is 5.91 Å². The number of rotatable bonds is 5. The second-order valence-corrected chi connectivity index (χ2v) is 5.47. The van der Waals surface area contributed by atoms with Gasteiger partial charge in [0.2, 0.25) is 0 Å². The molecule has 26 heavy (non-hydrogen) atoms. The Labute approximate surface area is 151 Å². The summed E-state index contributed by atoms with van der Waals surface area (Å²) in [5.74, 6) is 0.252. The molecule has 2 aromatic carbocycles. The van der Waals surface area contributed by atoms with Gasteiger partial charge in [0, 0.05) is 12.2 Å². The van der Waals surface area contributed by atoms with Crippen LogP contribution in [0.3, 0.4) is 0 Å². The maximum Gasteiger partial charge on any atom is 0.276 e. The highest BCUT2D eigenvalue weighted by molar-refractivity contribution is 6.03. The van der Waals surface area contributed by atoms with E-state index in [1.165, 1.54) is 0 Å². The minimum absolute atomic E-state index is 0.186. The number of carbonyl (C=O) groups excluding carboxylic acids is 1. The summed E-state index contributed by atoms with van der Waals surface area (Å²) in [6, 6.07) is 22.1. The van der Waals surface area contributed by atoms with E-state index in [1.807, 2.05) is 48.2 Å². The number of hydrogen-bond acceptors (Lipinski definition) is 5. The van der Waals surface area contributed by atoms with Crippen LogP contribution in [-0.4, -0.2) is 22.6 Å². The van der Waals surface area contributed by atoms with Gasteiger partial charge in [-0.05, 0) is 43.3 Å². The fraction of sp³-hybridized carbons (Fsp3) is 0.100. The van der Waals surface area contributed by atoms with Crippen LogP contribution in [0.2, 0.25) is 0 Å². The normalized spacial score (nSPS) is 10.0. The fourth-order valence-electron chi connectivity index (χ4n) is 2.55. The number of anilines is 3. The summed E-state index contributed by atoms with van der Waals surface area (Å²) in [6.07, 6.45) is 0. The van der Waals surface area contributed by atoms with Crippen molar-refractivity contribution < 1.29 is 4.79 Å². The van der Waals surface area contributed by atoms with Gasteiger partial charge in [-0.15, -0.1) is 10.2 Å². The first-order valence-corrected chi connectivity index (χ1v) is 8.19. The molecule has 128 valence electrons. The third kappa shape index (κ3) is 3.68. The molecule has 1 amide bonds. The Morgan fingerprint density at radius 2 is 1.77 bits per heavy atom. The molecule has 3 rings (SSSR count). The Morgan fingerprint density at radius 3 is 2.42 bits per heavy atom. The predicted octanol–water partition coefficient (Wildman–Crippen LogP) is 3.76. The summed E-state index contributed by atoms with van der Waals surface area (Å²) in [5, 5.41) is 20.0. The molecular formula is C20H17N5O. The molecule has 0 spiro atoms. The molecule has 0 aliphatic heterocycles. The molecule has 0 aliphatic rings. The second-order valence-electron chi connectivity index (χ2n) is 5.47. The largest absolute Gasteiger partial charge is 0.325 e. The van der Waals surface area contributed by atoms with Crippen LogP contribution in [0, 0.1) is 11.3 Å². The van der Waals surface area contributed by atoms with Crippen LogP contribution >= 0.6 is 0 Å². The Balaban J connectivity index is 1.79. The van der Waals surface area contributed by atoms with Crippen molar-refractivity contribution in [3.05, 3.63) is 78.0 Å². The first-order valence-electron chi connectivity index (χ1n) is 8.19. The van der Waals surface area contributed by atoms with E-state index in [0.29, 0.717) is 17.1 Å². The monoisotopic (exact) mass is 343 g/mol. The third-order valence-corrected chi connectivity index (χ3v) is 3.84. The number of amides is 1. The molecule has 1 N–H and O–H groups in total. The molecule has 6 heteroatoms. The van der Waals surface area contributed by atoms with Gasteiger partial charge >= 0.3 is 0 Å². The lowest BCUT2D eigenvalue weighted by Crippen LogP contribution is -2.20. The van der Waals surface area contributed by atoms with Crippen LogP contribution in [0.4, 0.5) is 17.2 Å². The molecule has 1 aromatic heterocycles. The van der Waals surface area contributed by atoms with Gasteiger partial charge in [-0.25, -0.2) is 0 Å². The summed E-state index contributed by atoms with van der Waals surface area (Å²) < 4.78 is 0. The van der Waals surface area contributed by atoms with Gasteiger partial charge in [-0.3, -0.25) is 4.79 Å². The molecule has 0 atom stereocenters. The maximum atomic E-state index is 12.4. The number of benzene rings is 2. The highest BCUT2D eigenvalue weighted by atomic mass is 16.1. The number of nitrogens with one attached hydrogen (secondary N) is 1. The van der Waals surface area contributed by atoms with E-state index in [2.05, 4.69) is 15.5 Å². The zero-order valence-corrected chi connectivity index (χ0v) is 14.3. The van der Waals surface area contributed by atoms with Crippen molar-refractivity contribution >= 4 is 23.1 Å². The molecule has 0 saturated carbocycles. The molecule has 3 aromatic rings. The van der Waals surface area contributed by atoms with Gasteiger partial charge in [-0.1, -0.05) is 30.3 Å². The SMILES string of the molecule is CCN(c1ccccc1)c1ccc(C(=O)Nc2ccccc2C#N)nn1. The van der Waals surface area contributed by atoms with E-state index in [0.717, 1.165) is 12.2 Å². The molecule has 0 fully saturated rings. The molecule has 0 radical (unpaired) electrons. The molecule has 0 bridgehead atoms. The second kappa shape index (κ2) is 7.90. The summed E-state index contributed by atoms with van der Waals surface area (Å²) in [7, 11) is 0. The standard InChI is InChI=1S/C20H17N5O/c1-2-25(16-9-4-3-5-10-16)19-13-12-18(23-24-19)20(26)22-17-11-7-6-8-15(17)14-21/h3-13H,2H2,1H3,(H,22,26). The zero-order chi connectivity index (χ0) is 18.4. The topological polar surface area (TPSA) is 81.9 Å². The minimum atomic E-state index is -0.408. The average molecular weight is 343 g/mol. The van der Waals surface area contributed by atoms with Crippen molar-refractivity contribution in [1.29, 1.82) is 5.26 Å². The number of nitrogens with zero attached hydrogens (tertiary/aromatic N) is 4. The van der Waals surface area contributed by atoms with Crippen molar-refractivity contribution in [2.45, 2.75) is 6.92 Å². The lowest BCUT2D eigenvalue weighted by atomic mass is 10.2. The van der Waals surface area contributed by atoms with Crippen molar-refractivity contribution in [2.75, 3.05) is 16.8 Å². The highest BCUT2D eigenvalue weighted by Crippen LogP contribution is 2.22. The van der Waals surface area contributed by atoms with Crippen molar-refractivity contribution in [1.82, 2.24) is 10.2 Å². The Bertz CT molecular complexity index is 932. The highest BCUT2D eigenvalue weighted by Gasteiger charge is 2.13. The van der Waals surface area contributed by atoms with Gasteiger partial charge < -0.3 is 10.2 Å². The van der Waals surface area contributed by atoms with E-state index in [4.69, 9.17) is 5.26 Å². The van der Waals surface area contributed by atoms with E-state index < -0.39 is 5.91 Å². The van der Waals surface area contributed by atoms with E-state index in [1.54, 1.807) is 36.4 Å². The molecule has 1 heterocycles. The first kappa shape index (κ1) is 17.1. The Kier molecular flexibility index (Phi) is 5.20. The summed E-state index contributed by atoms with van der Waals surface area (Å²) >= 11 is 0. The van der Waals surface area contributed by atoms with Crippen LogP contribution in [-0.2, 0) is 0 Å². The van der Waals surface area contributed by atoms with E-state index in [9.17, 15) is 4.79 Å². The van der Waals surface area contributed by atoms with Crippen molar-refractivity contribution in [3.63, 3.8) is 0 Å². The van der Waals surface area contributed by atoms with Crippen LogP contribution in [0.25, 0.3) is 0 Å². The van der Waals surface area contributed by atoms with E-state index >= 15 is 0 Å². The fourth-order valence-corrected chi connectivity index (χ4v) is 2.55. The number of para-hydroxylation sites is 2. The summed E-state index contributed by atoms with van der Waals surface area (Å²) in [4.78, 5) is 14.4. The predicted molar refractivity (Wildman–Crippen MR) is 100 cm³/mol. The first-order chi connectivity index (χ1) is 12.7. The lowest BCUT2D eigenvalue weighted by Gasteiger charge is -2.21. The Morgan fingerprint density at radius 1 is 1.04 bits per heavy atom. The molecule has 6 nitrogen and oxygen atoms in total.